The van der Waals surface area contributed by atoms with Crippen LogP contribution >= 0.6 is 11.8 Å². The van der Waals surface area contributed by atoms with Gasteiger partial charge in [0.05, 0.1) is 16.3 Å². The van der Waals surface area contributed by atoms with Crippen LogP contribution in [0.25, 0.3) is 11.0 Å². The Morgan fingerprint density at radius 3 is 3.06 bits per heavy atom. The lowest BCUT2D eigenvalue weighted by atomic mass is 10.2. The maximum atomic E-state index is 12.1. The van der Waals surface area contributed by atoms with Gasteiger partial charge in [-0.05, 0) is 18.6 Å². The van der Waals surface area contributed by atoms with Crippen LogP contribution in [0.15, 0.2) is 29.4 Å². The normalized spacial score (nSPS) is 19.3. The molecule has 1 aliphatic heterocycles. The molecule has 0 unspecified atom stereocenters. The van der Waals surface area contributed by atoms with E-state index in [4.69, 9.17) is 5.11 Å². The topological polar surface area (TPSA) is 55.1 Å². The zero-order valence-electron chi connectivity index (χ0n) is 8.46. The van der Waals surface area contributed by atoms with Crippen LogP contribution in [0.2, 0.25) is 0 Å². The van der Waals surface area contributed by atoms with Gasteiger partial charge in [0.2, 0.25) is 5.91 Å². The molecule has 2 heterocycles. The molecule has 4 nitrogen and oxygen atoms in total. The fraction of sp³-hybridized carbons (Fsp3) is 0.273. The molecule has 1 aliphatic rings. The minimum atomic E-state index is -0.183. The van der Waals surface area contributed by atoms with Crippen molar-refractivity contribution in [1.29, 1.82) is 0 Å². The van der Waals surface area contributed by atoms with Gasteiger partial charge in [-0.3, -0.25) is 9.36 Å². The second-order valence-electron chi connectivity index (χ2n) is 3.68. The van der Waals surface area contributed by atoms with E-state index in [0.717, 1.165) is 16.2 Å². The van der Waals surface area contributed by atoms with Crippen molar-refractivity contribution in [3.63, 3.8) is 0 Å². The van der Waals surface area contributed by atoms with Gasteiger partial charge in [0.15, 0.2) is 5.16 Å². The molecule has 0 bridgehead atoms. The summed E-state index contributed by atoms with van der Waals surface area (Å²) in [5, 5.41) is 9.44. The number of thioether (sulfide) groups is 1. The highest BCUT2D eigenvalue weighted by Crippen LogP contribution is 2.35. The minimum Gasteiger partial charge on any atom is -0.396 e. The summed E-state index contributed by atoms with van der Waals surface area (Å²) in [6.07, 6.45) is 0.487. The minimum absolute atomic E-state index is 0.0303. The summed E-state index contributed by atoms with van der Waals surface area (Å²) in [6, 6.07) is 7.60. The Labute approximate surface area is 96.3 Å². The molecule has 0 fully saturated rings. The molecule has 3 rings (SSSR count). The van der Waals surface area contributed by atoms with Crippen molar-refractivity contribution in [2.75, 3.05) is 6.61 Å². The Bertz CT molecular complexity index is 564. The molecule has 0 saturated heterocycles. The van der Waals surface area contributed by atoms with E-state index >= 15 is 0 Å². The van der Waals surface area contributed by atoms with Crippen molar-refractivity contribution in [2.45, 2.75) is 16.8 Å². The molecule has 0 aliphatic carbocycles. The number of para-hydroxylation sites is 2. The third-order valence-electron chi connectivity index (χ3n) is 2.66. The van der Waals surface area contributed by atoms with Gasteiger partial charge in [0, 0.05) is 6.61 Å². The summed E-state index contributed by atoms with van der Waals surface area (Å²) in [5.41, 5.74) is 1.70. The van der Waals surface area contributed by atoms with E-state index in [1.807, 2.05) is 24.3 Å². The van der Waals surface area contributed by atoms with E-state index in [1.165, 1.54) is 11.8 Å². The van der Waals surface area contributed by atoms with Crippen LogP contribution in [0.1, 0.15) is 11.2 Å². The molecule has 0 radical (unpaired) electrons. The fourth-order valence-electron chi connectivity index (χ4n) is 1.92. The highest BCUT2D eigenvalue weighted by atomic mass is 32.2. The van der Waals surface area contributed by atoms with Crippen molar-refractivity contribution in [3.8, 4) is 0 Å². The summed E-state index contributed by atoms with van der Waals surface area (Å²) >= 11 is 1.44. The lowest BCUT2D eigenvalue weighted by Crippen LogP contribution is -2.18. The summed E-state index contributed by atoms with van der Waals surface area (Å²) in [5.74, 6) is 0.0303. The Morgan fingerprint density at radius 2 is 2.25 bits per heavy atom. The summed E-state index contributed by atoms with van der Waals surface area (Å²) in [7, 11) is 0. The molecular weight excluding hydrogens is 224 g/mol. The van der Waals surface area contributed by atoms with Gasteiger partial charge >= 0.3 is 0 Å². The molecule has 82 valence electrons. The first kappa shape index (κ1) is 9.86. The maximum absolute atomic E-state index is 12.1. The molecule has 1 aromatic carbocycles. The number of carbonyl (C=O) groups excluding carboxylic acids is 1. The first-order valence-corrected chi connectivity index (χ1v) is 5.98. The summed E-state index contributed by atoms with van der Waals surface area (Å²) < 4.78 is 1.65. The molecule has 0 spiro atoms. The fourth-order valence-corrected chi connectivity index (χ4v) is 3.05. The van der Waals surface area contributed by atoms with E-state index in [0.29, 0.717) is 6.42 Å². The smallest absolute Gasteiger partial charge is 0.246 e. The van der Waals surface area contributed by atoms with Gasteiger partial charge < -0.3 is 5.11 Å². The van der Waals surface area contributed by atoms with Crippen LogP contribution in [-0.4, -0.2) is 32.4 Å². The largest absolute Gasteiger partial charge is 0.396 e. The first-order chi connectivity index (χ1) is 7.81. The van der Waals surface area contributed by atoms with Crippen molar-refractivity contribution < 1.29 is 9.90 Å². The van der Waals surface area contributed by atoms with Crippen LogP contribution in [0, 0.1) is 0 Å². The van der Waals surface area contributed by atoms with Crippen LogP contribution < -0.4 is 0 Å². The molecule has 0 amide bonds. The molecule has 1 N–H and O–H groups in total. The predicted molar refractivity (Wildman–Crippen MR) is 61.7 cm³/mol. The highest BCUT2D eigenvalue weighted by Gasteiger charge is 2.33. The lowest BCUT2D eigenvalue weighted by Gasteiger charge is -2.03. The van der Waals surface area contributed by atoms with Crippen LogP contribution in [0.5, 0.6) is 0 Å². The average molecular weight is 234 g/mol. The number of benzene rings is 1. The van der Waals surface area contributed by atoms with Crippen molar-refractivity contribution >= 4 is 28.7 Å². The number of fused-ring (bicyclic) bond motifs is 3. The van der Waals surface area contributed by atoms with E-state index < -0.39 is 0 Å². The van der Waals surface area contributed by atoms with Crippen molar-refractivity contribution in [1.82, 2.24) is 9.55 Å². The maximum Gasteiger partial charge on any atom is 0.246 e. The van der Waals surface area contributed by atoms with Crippen molar-refractivity contribution in [3.05, 3.63) is 24.3 Å². The standard InChI is InChI=1S/C11H10N2O2S/c14-6-5-9-10(15)13-8-4-2-1-3-7(8)12-11(13)16-9/h1-4,9,14H,5-6H2/t9-/m0/s1. The van der Waals surface area contributed by atoms with Gasteiger partial charge in [-0.1, -0.05) is 23.9 Å². The summed E-state index contributed by atoms with van der Waals surface area (Å²) in [4.78, 5) is 16.5. The van der Waals surface area contributed by atoms with Crippen molar-refractivity contribution in [2.24, 2.45) is 0 Å². The number of hydrogen-bond acceptors (Lipinski definition) is 4. The Kier molecular flexibility index (Phi) is 2.22. The van der Waals surface area contributed by atoms with Gasteiger partial charge in [-0.25, -0.2) is 4.98 Å². The number of nitrogens with zero attached hydrogens (tertiary/aromatic N) is 2. The molecular formula is C11H10N2O2S. The van der Waals surface area contributed by atoms with Crippen LogP contribution in [-0.2, 0) is 0 Å². The Hall–Kier alpha value is -1.33. The lowest BCUT2D eigenvalue weighted by molar-refractivity contribution is 0.0904. The first-order valence-electron chi connectivity index (χ1n) is 5.10. The molecule has 2 aromatic rings. The average Bonchev–Trinajstić information content (AvgIpc) is 2.78. The number of imidazole rings is 1. The number of aliphatic hydroxyl groups is 1. The van der Waals surface area contributed by atoms with Crippen LogP contribution in [0.3, 0.4) is 0 Å². The Balaban J connectivity index is 2.12. The van der Waals surface area contributed by atoms with Gasteiger partial charge in [-0.15, -0.1) is 0 Å². The van der Waals surface area contributed by atoms with Gasteiger partial charge in [0.25, 0.3) is 0 Å². The number of aliphatic hydroxyl groups excluding tert-OH is 1. The third-order valence-corrected chi connectivity index (χ3v) is 3.87. The molecule has 5 heteroatoms. The molecule has 16 heavy (non-hydrogen) atoms. The van der Waals surface area contributed by atoms with E-state index in [9.17, 15) is 4.79 Å². The molecule has 1 aromatic heterocycles. The zero-order chi connectivity index (χ0) is 11.1. The monoisotopic (exact) mass is 234 g/mol. The molecule has 0 saturated carbocycles. The highest BCUT2D eigenvalue weighted by molar-refractivity contribution is 8.00. The zero-order valence-corrected chi connectivity index (χ0v) is 9.28. The Morgan fingerprint density at radius 1 is 1.44 bits per heavy atom. The van der Waals surface area contributed by atoms with Crippen LogP contribution in [0.4, 0.5) is 0 Å². The van der Waals surface area contributed by atoms with E-state index in [1.54, 1.807) is 4.57 Å². The van der Waals surface area contributed by atoms with Gasteiger partial charge in [-0.2, -0.15) is 0 Å². The second-order valence-corrected chi connectivity index (χ2v) is 4.85. The van der Waals surface area contributed by atoms with E-state index in [-0.39, 0.29) is 17.8 Å². The quantitative estimate of drug-likeness (QED) is 0.856. The summed E-state index contributed by atoms with van der Waals surface area (Å²) in [6.45, 7) is 0.0339. The number of hydrogen-bond donors (Lipinski definition) is 1. The SMILES string of the molecule is O=C1[C@H](CCO)Sc2nc3ccccc3n21. The second kappa shape index (κ2) is 3.61. The number of aromatic nitrogens is 2. The van der Waals surface area contributed by atoms with E-state index in [2.05, 4.69) is 4.98 Å². The van der Waals surface area contributed by atoms with Gasteiger partial charge in [0.1, 0.15) is 0 Å². The third kappa shape index (κ3) is 1.28. The predicted octanol–water partition coefficient (Wildman–Crippen LogP) is 1.53. The number of carbonyl (C=O) groups is 1. The molecule has 1 atom stereocenters. The number of rotatable bonds is 2.